The van der Waals surface area contributed by atoms with E-state index in [1.54, 1.807) is 7.05 Å². The van der Waals surface area contributed by atoms with E-state index in [9.17, 15) is 9.59 Å². The standard InChI is InChI=1S/C14H20N2O2/c1-10(2)14(18)16(4)9-13(17)15-12-7-5-11(3)6-8-12/h5-8,10H,9H2,1-4H3,(H,15,17). The van der Waals surface area contributed by atoms with Gasteiger partial charge in [-0.25, -0.2) is 0 Å². The predicted octanol–water partition coefficient (Wildman–Crippen LogP) is 2.05. The predicted molar refractivity (Wildman–Crippen MR) is 72.3 cm³/mol. The number of carbonyl (C=O) groups is 2. The van der Waals surface area contributed by atoms with Gasteiger partial charge in [0.2, 0.25) is 11.8 Å². The molecule has 0 bridgehead atoms. The molecule has 98 valence electrons. The highest BCUT2D eigenvalue weighted by molar-refractivity contribution is 5.94. The third kappa shape index (κ3) is 4.20. The molecule has 0 aliphatic heterocycles. The molecule has 0 heterocycles. The van der Waals surface area contributed by atoms with Crippen molar-refractivity contribution in [1.82, 2.24) is 4.90 Å². The summed E-state index contributed by atoms with van der Waals surface area (Å²) in [5.74, 6) is -0.313. The van der Waals surface area contributed by atoms with Crippen LogP contribution in [0, 0.1) is 12.8 Å². The molecule has 0 saturated carbocycles. The number of rotatable bonds is 4. The number of nitrogens with one attached hydrogen (secondary N) is 1. The molecule has 0 spiro atoms. The zero-order valence-corrected chi connectivity index (χ0v) is 11.4. The maximum Gasteiger partial charge on any atom is 0.243 e. The molecule has 0 aliphatic carbocycles. The fraction of sp³-hybridized carbons (Fsp3) is 0.429. The number of aryl methyl sites for hydroxylation is 1. The van der Waals surface area contributed by atoms with E-state index in [4.69, 9.17) is 0 Å². The van der Waals surface area contributed by atoms with E-state index in [0.717, 1.165) is 11.3 Å². The average Bonchev–Trinajstić information content (AvgIpc) is 2.30. The Hall–Kier alpha value is -1.84. The largest absolute Gasteiger partial charge is 0.336 e. The Morgan fingerprint density at radius 2 is 1.78 bits per heavy atom. The number of amides is 2. The van der Waals surface area contributed by atoms with Gasteiger partial charge in [-0.3, -0.25) is 9.59 Å². The molecule has 0 radical (unpaired) electrons. The Labute approximate surface area is 108 Å². The van der Waals surface area contributed by atoms with E-state index in [2.05, 4.69) is 5.32 Å². The summed E-state index contributed by atoms with van der Waals surface area (Å²) in [5, 5.41) is 2.76. The van der Waals surface area contributed by atoms with Crippen LogP contribution in [-0.2, 0) is 9.59 Å². The number of carbonyl (C=O) groups excluding carboxylic acids is 2. The molecule has 4 nitrogen and oxygen atoms in total. The van der Waals surface area contributed by atoms with Gasteiger partial charge in [0.15, 0.2) is 0 Å². The van der Waals surface area contributed by atoms with Gasteiger partial charge in [-0.1, -0.05) is 31.5 Å². The zero-order chi connectivity index (χ0) is 13.7. The summed E-state index contributed by atoms with van der Waals surface area (Å²) in [4.78, 5) is 24.8. The van der Waals surface area contributed by atoms with E-state index >= 15 is 0 Å². The minimum absolute atomic E-state index is 0.0333. The second kappa shape index (κ2) is 6.19. The van der Waals surface area contributed by atoms with Gasteiger partial charge in [-0.15, -0.1) is 0 Å². The van der Waals surface area contributed by atoms with Crippen LogP contribution in [0.15, 0.2) is 24.3 Å². The minimum atomic E-state index is -0.185. The topological polar surface area (TPSA) is 49.4 Å². The quantitative estimate of drug-likeness (QED) is 0.886. The lowest BCUT2D eigenvalue weighted by molar-refractivity contribution is -0.136. The smallest absolute Gasteiger partial charge is 0.243 e. The molecule has 1 N–H and O–H groups in total. The Morgan fingerprint density at radius 3 is 2.28 bits per heavy atom. The summed E-state index contributed by atoms with van der Waals surface area (Å²) in [5.41, 5.74) is 1.89. The molecule has 0 fully saturated rings. The fourth-order valence-electron chi connectivity index (χ4n) is 1.57. The molecule has 0 atom stereocenters. The Kier molecular flexibility index (Phi) is 4.89. The van der Waals surface area contributed by atoms with E-state index in [1.165, 1.54) is 4.90 Å². The number of hydrogen-bond donors (Lipinski definition) is 1. The summed E-state index contributed by atoms with van der Waals surface area (Å²) in [6.07, 6.45) is 0. The van der Waals surface area contributed by atoms with Crippen LogP contribution in [0.1, 0.15) is 19.4 Å². The summed E-state index contributed by atoms with van der Waals surface area (Å²) >= 11 is 0. The van der Waals surface area contributed by atoms with Crippen molar-refractivity contribution in [3.05, 3.63) is 29.8 Å². The molecule has 18 heavy (non-hydrogen) atoms. The second-order valence-electron chi connectivity index (χ2n) is 4.76. The highest BCUT2D eigenvalue weighted by atomic mass is 16.2. The van der Waals surface area contributed by atoms with E-state index in [0.29, 0.717) is 0 Å². The molecule has 1 aromatic rings. The monoisotopic (exact) mass is 248 g/mol. The van der Waals surface area contributed by atoms with Crippen LogP contribution in [0.5, 0.6) is 0 Å². The van der Waals surface area contributed by atoms with Crippen molar-refractivity contribution in [2.75, 3.05) is 18.9 Å². The first kappa shape index (κ1) is 14.2. The summed E-state index contributed by atoms with van der Waals surface area (Å²) < 4.78 is 0. The van der Waals surface area contributed by atoms with Gasteiger partial charge in [0.25, 0.3) is 0 Å². The van der Waals surface area contributed by atoms with Crippen molar-refractivity contribution < 1.29 is 9.59 Å². The van der Waals surface area contributed by atoms with Gasteiger partial charge in [-0.2, -0.15) is 0 Å². The van der Waals surface area contributed by atoms with Gasteiger partial charge in [0.05, 0.1) is 6.54 Å². The third-order valence-corrected chi connectivity index (χ3v) is 2.59. The highest BCUT2D eigenvalue weighted by Crippen LogP contribution is 2.08. The van der Waals surface area contributed by atoms with Crippen molar-refractivity contribution in [3.63, 3.8) is 0 Å². The van der Waals surface area contributed by atoms with E-state index in [1.807, 2.05) is 45.0 Å². The molecule has 4 heteroatoms. The van der Waals surface area contributed by atoms with Crippen LogP contribution in [0.4, 0.5) is 5.69 Å². The van der Waals surface area contributed by atoms with Crippen LogP contribution in [0.3, 0.4) is 0 Å². The number of anilines is 1. The molecular weight excluding hydrogens is 228 g/mol. The minimum Gasteiger partial charge on any atom is -0.336 e. The lowest BCUT2D eigenvalue weighted by Crippen LogP contribution is -2.37. The molecule has 0 saturated heterocycles. The number of nitrogens with zero attached hydrogens (tertiary/aromatic N) is 1. The lowest BCUT2D eigenvalue weighted by atomic mass is 10.2. The van der Waals surface area contributed by atoms with E-state index < -0.39 is 0 Å². The van der Waals surface area contributed by atoms with Crippen LogP contribution in [0.25, 0.3) is 0 Å². The van der Waals surface area contributed by atoms with Gasteiger partial charge in [0, 0.05) is 18.7 Å². The molecular formula is C14H20N2O2. The number of hydrogen-bond acceptors (Lipinski definition) is 2. The molecule has 1 aromatic carbocycles. The number of benzene rings is 1. The summed E-state index contributed by atoms with van der Waals surface area (Å²) in [6, 6.07) is 7.55. The normalized spacial score (nSPS) is 10.3. The third-order valence-electron chi connectivity index (χ3n) is 2.59. The van der Waals surface area contributed by atoms with Crippen molar-refractivity contribution in [2.45, 2.75) is 20.8 Å². The SMILES string of the molecule is Cc1ccc(NC(=O)CN(C)C(=O)C(C)C)cc1. The van der Waals surface area contributed by atoms with E-state index in [-0.39, 0.29) is 24.3 Å². The fourth-order valence-corrected chi connectivity index (χ4v) is 1.57. The average molecular weight is 248 g/mol. The summed E-state index contributed by atoms with van der Waals surface area (Å²) in [7, 11) is 1.64. The maximum absolute atomic E-state index is 11.7. The number of likely N-dealkylation sites (N-methyl/N-ethyl adjacent to an activating group) is 1. The van der Waals surface area contributed by atoms with Crippen LogP contribution < -0.4 is 5.32 Å². The van der Waals surface area contributed by atoms with Crippen LogP contribution in [0.2, 0.25) is 0 Å². The molecule has 0 aromatic heterocycles. The van der Waals surface area contributed by atoms with Gasteiger partial charge < -0.3 is 10.2 Å². The van der Waals surface area contributed by atoms with Crippen LogP contribution in [-0.4, -0.2) is 30.3 Å². The van der Waals surface area contributed by atoms with Crippen molar-refractivity contribution >= 4 is 17.5 Å². The zero-order valence-electron chi connectivity index (χ0n) is 11.4. The van der Waals surface area contributed by atoms with Gasteiger partial charge >= 0.3 is 0 Å². The molecule has 0 unspecified atom stereocenters. The van der Waals surface area contributed by atoms with Crippen molar-refractivity contribution in [3.8, 4) is 0 Å². The molecule has 2 amide bonds. The van der Waals surface area contributed by atoms with Crippen LogP contribution >= 0.6 is 0 Å². The van der Waals surface area contributed by atoms with Crippen molar-refractivity contribution in [2.24, 2.45) is 5.92 Å². The first-order valence-electron chi connectivity index (χ1n) is 6.01. The van der Waals surface area contributed by atoms with Gasteiger partial charge in [0.1, 0.15) is 0 Å². The highest BCUT2D eigenvalue weighted by Gasteiger charge is 2.15. The maximum atomic E-state index is 11.7. The first-order valence-corrected chi connectivity index (χ1v) is 6.01. The van der Waals surface area contributed by atoms with Crippen molar-refractivity contribution in [1.29, 1.82) is 0 Å². The second-order valence-corrected chi connectivity index (χ2v) is 4.76. The van der Waals surface area contributed by atoms with Gasteiger partial charge in [-0.05, 0) is 19.1 Å². The summed E-state index contributed by atoms with van der Waals surface area (Å²) in [6.45, 7) is 5.69. The Bertz CT molecular complexity index is 424. The first-order chi connectivity index (χ1) is 8.40. The molecule has 0 aliphatic rings. The Morgan fingerprint density at radius 1 is 1.22 bits per heavy atom. The molecule has 1 rings (SSSR count). The Balaban J connectivity index is 2.51. The lowest BCUT2D eigenvalue weighted by Gasteiger charge is -2.18.